The molecule has 1 aromatic heterocycles. The van der Waals surface area contributed by atoms with Crippen LogP contribution < -0.4 is 4.90 Å². The standard InChI is InChI=1S/C24H25ClN4O4S/c1-24(2,3)33-23(30)28-13-11-27(12-14-28)21-8-7-17(16-26)22-20(21)9-10-29(22)34(31,32)19-6-4-5-18(25)15-19/h4-10,15H,11-14H2,1-3H3. The number of carbonyl (C=O) groups excluding carboxylic acids is 1. The van der Waals surface area contributed by atoms with Gasteiger partial charge in [-0.2, -0.15) is 5.26 Å². The molecular formula is C24H25ClN4O4S. The topological polar surface area (TPSA) is 95.6 Å². The average molecular weight is 501 g/mol. The summed E-state index contributed by atoms with van der Waals surface area (Å²) in [5, 5.41) is 10.7. The molecule has 4 rings (SSSR count). The van der Waals surface area contributed by atoms with Crippen LogP contribution in [0.15, 0.2) is 53.6 Å². The van der Waals surface area contributed by atoms with Crippen LogP contribution in [-0.4, -0.2) is 55.2 Å². The number of nitrogens with zero attached hydrogens (tertiary/aromatic N) is 4. The molecule has 3 aromatic rings. The predicted octanol–water partition coefficient (Wildman–Crippen LogP) is 4.46. The second kappa shape index (κ2) is 8.85. The van der Waals surface area contributed by atoms with Crippen molar-refractivity contribution in [2.75, 3.05) is 31.1 Å². The third-order valence-electron chi connectivity index (χ3n) is 5.54. The van der Waals surface area contributed by atoms with E-state index in [4.69, 9.17) is 16.3 Å². The Kier molecular flexibility index (Phi) is 6.23. The highest BCUT2D eigenvalue weighted by atomic mass is 35.5. The van der Waals surface area contributed by atoms with Crippen LogP contribution in [0.2, 0.25) is 5.02 Å². The Morgan fingerprint density at radius 2 is 1.79 bits per heavy atom. The third kappa shape index (κ3) is 4.56. The fourth-order valence-electron chi connectivity index (χ4n) is 3.98. The maximum atomic E-state index is 13.4. The normalized spacial score (nSPS) is 14.8. The van der Waals surface area contributed by atoms with Crippen molar-refractivity contribution in [2.45, 2.75) is 31.3 Å². The van der Waals surface area contributed by atoms with Crippen molar-refractivity contribution >= 4 is 44.3 Å². The van der Waals surface area contributed by atoms with Crippen LogP contribution in [-0.2, 0) is 14.8 Å². The maximum absolute atomic E-state index is 13.4. The number of hydrogen-bond acceptors (Lipinski definition) is 6. The van der Waals surface area contributed by atoms with E-state index in [0.29, 0.717) is 42.1 Å². The first-order valence-electron chi connectivity index (χ1n) is 10.8. The molecule has 0 atom stereocenters. The van der Waals surface area contributed by atoms with Gasteiger partial charge in [0.25, 0.3) is 10.0 Å². The lowest BCUT2D eigenvalue weighted by Crippen LogP contribution is -2.50. The number of anilines is 1. The van der Waals surface area contributed by atoms with E-state index >= 15 is 0 Å². The largest absolute Gasteiger partial charge is 0.444 e. The highest BCUT2D eigenvalue weighted by Crippen LogP contribution is 2.33. The minimum Gasteiger partial charge on any atom is -0.444 e. The van der Waals surface area contributed by atoms with Crippen molar-refractivity contribution in [1.82, 2.24) is 8.87 Å². The van der Waals surface area contributed by atoms with Crippen molar-refractivity contribution in [3.63, 3.8) is 0 Å². The van der Waals surface area contributed by atoms with Gasteiger partial charge in [0.2, 0.25) is 0 Å². The fourth-order valence-corrected chi connectivity index (χ4v) is 5.65. The molecule has 1 amide bonds. The first-order valence-corrected chi connectivity index (χ1v) is 12.6. The lowest BCUT2D eigenvalue weighted by molar-refractivity contribution is 0.0240. The van der Waals surface area contributed by atoms with Crippen LogP contribution in [0.3, 0.4) is 0 Å². The number of fused-ring (bicyclic) bond motifs is 1. The van der Waals surface area contributed by atoms with E-state index in [2.05, 4.69) is 11.0 Å². The Morgan fingerprint density at radius 3 is 2.41 bits per heavy atom. The second-order valence-corrected chi connectivity index (χ2v) is 11.3. The Labute approximate surface area is 203 Å². The summed E-state index contributed by atoms with van der Waals surface area (Å²) in [4.78, 5) is 16.2. The van der Waals surface area contributed by atoms with E-state index in [0.717, 1.165) is 9.66 Å². The molecule has 0 saturated carbocycles. The van der Waals surface area contributed by atoms with Gasteiger partial charge in [-0.1, -0.05) is 17.7 Å². The molecule has 2 heterocycles. The van der Waals surface area contributed by atoms with E-state index in [-0.39, 0.29) is 16.6 Å². The highest BCUT2D eigenvalue weighted by Gasteiger charge is 2.28. The molecule has 34 heavy (non-hydrogen) atoms. The fraction of sp³-hybridized carbons (Fsp3) is 0.333. The lowest BCUT2D eigenvalue weighted by atomic mass is 10.1. The van der Waals surface area contributed by atoms with Crippen molar-refractivity contribution in [1.29, 1.82) is 5.26 Å². The molecular weight excluding hydrogens is 476 g/mol. The number of hydrogen-bond donors (Lipinski definition) is 0. The van der Waals surface area contributed by atoms with Crippen molar-refractivity contribution in [3.05, 3.63) is 59.2 Å². The Morgan fingerprint density at radius 1 is 1.09 bits per heavy atom. The molecule has 0 bridgehead atoms. The Hall–Kier alpha value is -3.22. The van der Waals surface area contributed by atoms with Gasteiger partial charge < -0.3 is 14.5 Å². The van der Waals surface area contributed by atoms with Gasteiger partial charge in [-0.25, -0.2) is 17.2 Å². The molecule has 0 spiro atoms. The van der Waals surface area contributed by atoms with Crippen LogP contribution in [0.1, 0.15) is 26.3 Å². The van der Waals surface area contributed by atoms with Gasteiger partial charge in [0.05, 0.1) is 16.0 Å². The number of rotatable bonds is 3. The van der Waals surface area contributed by atoms with E-state index < -0.39 is 15.6 Å². The van der Waals surface area contributed by atoms with Gasteiger partial charge in [-0.05, 0) is 57.2 Å². The molecule has 10 heteroatoms. The smallest absolute Gasteiger partial charge is 0.410 e. The van der Waals surface area contributed by atoms with Crippen LogP contribution in [0.4, 0.5) is 10.5 Å². The number of piperazine rings is 1. The number of halogens is 1. The second-order valence-electron chi connectivity index (χ2n) is 9.03. The Bertz CT molecular complexity index is 1390. The molecule has 1 aliphatic rings. The molecule has 1 fully saturated rings. The van der Waals surface area contributed by atoms with E-state index in [1.54, 1.807) is 29.2 Å². The quantitative estimate of drug-likeness (QED) is 0.526. The maximum Gasteiger partial charge on any atom is 0.410 e. The minimum atomic E-state index is -3.97. The van der Waals surface area contributed by atoms with Gasteiger partial charge in [0.1, 0.15) is 11.7 Å². The van der Waals surface area contributed by atoms with Crippen LogP contribution in [0.25, 0.3) is 10.9 Å². The van der Waals surface area contributed by atoms with Crippen molar-refractivity contribution in [2.24, 2.45) is 0 Å². The number of benzene rings is 2. The van der Waals surface area contributed by atoms with Crippen LogP contribution in [0.5, 0.6) is 0 Å². The zero-order chi connectivity index (χ0) is 24.7. The van der Waals surface area contributed by atoms with E-state index in [1.165, 1.54) is 18.3 Å². The summed E-state index contributed by atoms with van der Waals surface area (Å²) < 4.78 is 33.3. The molecule has 178 valence electrons. The van der Waals surface area contributed by atoms with Crippen molar-refractivity contribution < 1.29 is 17.9 Å². The monoisotopic (exact) mass is 500 g/mol. The first kappa shape index (κ1) is 23.9. The van der Waals surface area contributed by atoms with Crippen molar-refractivity contribution in [3.8, 4) is 6.07 Å². The van der Waals surface area contributed by atoms with Gasteiger partial charge in [0.15, 0.2) is 0 Å². The number of amides is 1. The predicted molar refractivity (Wildman–Crippen MR) is 131 cm³/mol. The lowest BCUT2D eigenvalue weighted by Gasteiger charge is -2.37. The summed E-state index contributed by atoms with van der Waals surface area (Å²) in [6.45, 7) is 7.53. The summed E-state index contributed by atoms with van der Waals surface area (Å²) >= 11 is 6.02. The summed E-state index contributed by atoms with van der Waals surface area (Å²) in [7, 11) is -3.97. The molecule has 1 saturated heterocycles. The van der Waals surface area contributed by atoms with E-state index in [1.807, 2.05) is 26.8 Å². The molecule has 2 aromatic carbocycles. The number of aromatic nitrogens is 1. The average Bonchev–Trinajstić information content (AvgIpc) is 3.24. The number of carbonyl (C=O) groups is 1. The van der Waals surface area contributed by atoms with Gasteiger partial charge in [-0.15, -0.1) is 0 Å². The zero-order valence-electron chi connectivity index (χ0n) is 19.2. The summed E-state index contributed by atoms with van der Waals surface area (Å²) in [5.41, 5.74) is 0.805. The summed E-state index contributed by atoms with van der Waals surface area (Å²) in [6, 6.07) is 13.3. The van der Waals surface area contributed by atoms with Crippen LogP contribution in [0, 0.1) is 11.3 Å². The highest BCUT2D eigenvalue weighted by molar-refractivity contribution is 7.90. The van der Waals surface area contributed by atoms with Gasteiger partial charge in [-0.3, -0.25) is 0 Å². The van der Waals surface area contributed by atoms with E-state index in [9.17, 15) is 18.5 Å². The third-order valence-corrected chi connectivity index (χ3v) is 7.44. The SMILES string of the molecule is CC(C)(C)OC(=O)N1CCN(c2ccc(C#N)c3c2ccn3S(=O)(=O)c2cccc(Cl)c2)CC1. The van der Waals surface area contributed by atoms with Gasteiger partial charge in [0, 0.05) is 48.5 Å². The molecule has 0 N–H and O–H groups in total. The van der Waals surface area contributed by atoms with Gasteiger partial charge >= 0.3 is 6.09 Å². The molecule has 0 unspecified atom stereocenters. The minimum absolute atomic E-state index is 0.0396. The molecule has 8 nitrogen and oxygen atoms in total. The number of nitriles is 1. The van der Waals surface area contributed by atoms with Crippen LogP contribution >= 0.6 is 11.6 Å². The summed E-state index contributed by atoms with van der Waals surface area (Å²) in [5.74, 6) is 0. The first-order chi connectivity index (χ1) is 16.0. The number of ether oxygens (including phenoxy) is 1. The summed E-state index contributed by atoms with van der Waals surface area (Å²) in [6.07, 6.45) is 1.11. The molecule has 0 radical (unpaired) electrons. The zero-order valence-corrected chi connectivity index (χ0v) is 20.7. The molecule has 0 aliphatic carbocycles. The Balaban J connectivity index is 1.68. The molecule has 1 aliphatic heterocycles.